The molecule has 0 aromatic heterocycles. The second kappa shape index (κ2) is 9.15. The predicted octanol–water partition coefficient (Wildman–Crippen LogP) is 3.84. The summed E-state index contributed by atoms with van der Waals surface area (Å²) in [6.45, 7) is 8.54. The van der Waals surface area contributed by atoms with Crippen LogP contribution in [0.4, 0.5) is 0 Å². The van der Waals surface area contributed by atoms with E-state index in [-0.39, 0.29) is 0 Å². The average molecular weight is 305 g/mol. The smallest absolute Gasteiger partial charge is 0.338 e. The Labute approximate surface area is 125 Å². The lowest BCUT2D eigenvalue weighted by Crippen LogP contribution is -2.50. The van der Waals surface area contributed by atoms with E-state index in [1.807, 2.05) is 0 Å². The van der Waals surface area contributed by atoms with Crippen LogP contribution in [-0.2, 0) is 18.3 Å². The zero-order valence-corrected chi connectivity index (χ0v) is 14.7. The van der Waals surface area contributed by atoms with Gasteiger partial charge in [0, 0.05) is 13.5 Å². The van der Waals surface area contributed by atoms with Gasteiger partial charge in [-0.25, -0.2) is 0 Å². The molecule has 20 heavy (non-hydrogen) atoms. The molecule has 0 radical (unpaired) electrons. The normalized spacial score (nSPS) is 21.6. The van der Waals surface area contributed by atoms with Crippen LogP contribution in [-0.4, -0.2) is 41.3 Å². The van der Waals surface area contributed by atoms with Gasteiger partial charge in [0.05, 0.1) is 19.8 Å². The molecule has 0 bridgehead atoms. The molecule has 1 fully saturated rings. The van der Waals surface area contributed by atoms with Gasteiger partial charge < -0.3 is 18.3 Å². The summed E-state index contributed by atoms with van der Waals surface area (Å²) in [7, 11) is -0.293. The summed E-state index contributed by atoms with van der Waals surface area (Å²) in [6, 6.07) is 2.11. The van der Waals surface area contributed by atoms with Crippen LogP contribution in [0.1, 0.15) is 52.9 Å². The van der Waals surface area contributed by atoms with Gasteiger partial charge in [-0.05, 0) is 18.5 Å². The maximum absolute atomic E-state index is 6.32. The van der Waals surface area contributed by atoms with Gasteiger partial charge in [0.2, 0.25) is 0 Å². The topological polar surface area (TPSA) is 36.9 Å². The first-order valence-electron chi connectivity index (χ1n) is 8.13. The van der Waals surface area contributed by atoms with Gasteiger partial charge in [-0.15, -0.1) is 0 Å². The van der Waals surface area contributed by atoms with Gasteiger partial charge in [0.15, 0.2) is 5.79 Å². The van der Waals surface area contributed by atoms with Crippen molar-refractivity contribution < 1.29 is 18.3 Å². The zero-order valence-electron chi connectivity index (χ0n) is 13.7. The Hall–Kier alpha value is 0.0569. The predicted molar refractivity (Wildman–Crippen MR) is 83.1 cm³/mol. The van der Waals surface area contributed by atoms with E-state index in [0.717, 1.165) is 44.6 Å². The molecule has 1 atom stereocenters. The molecule has 0 aliphatic carbocycles. The average Bonchev–Trinajstić information content (AvgIpc) is 2.51. The van der Waals surface area contributed by atoms with E-state index in [1.54, 1.807) is 7.11 Å². The minimum absolute atomic E-state index is 0.507. The SMILES string of the molecule is CCCC[Si](CCC)(OC)OCC1(CC)OCCCO1. The van der Waals surface area contributed by atoms with Crippen molar-refractivity contribution in [1.29, 1.82) is 0 Å². The summed E-state index contributed by atoms with van der Waals surface area (Å²) in [4.78, 5) is 0. The maximum Gasteiger partial charge on any atom is 0.338 e. The Morgan fingerprint density at radius 1 is 1.05 bits per heavy atom. The maximum atomic E-state index is 6.32. The van der Waals surface area contributed by atoms with Gasteiger partial charge >= 0.3 is 8.56 Å². The standard InChI is InChI=1S/C15H32O4Si/c1-5-8-13-20(16-4,12-6-2)19-14-15(7-3)17-10-9-11-18-15/h5-14H2,1-4H3. The number of rotatable bonds is 10. The van der Waals surface area contributed by atoms with Crippen LogP contribution >= 0.6 is 0 Å². The quantitative estimate of drug-likeness (QED) is 0.575. The molecule has 1 saturated heterocycles. The number of hydrogen-bond donors (Lipinski definition) is 0. The minimum Gasteiger partial charge on any atom is -0.398 e. The van der Waals surface area contributed by atoms with Crippen LogP contribution < -0.4 is 0 Å². The third kappa shape index (κ3) is 5.11. The minimum atomic E-state index is -2.10. The monoisotopic (exact) mass is 304 g/mol. The Kier molecular flexibility index (Phi) is 8.29. The highest BCUT2D eigenvalue weighted by Crippen LogP contribution is 2.28. The first-order valence-corrected chi connectivity index (χ1v) is 10.4. The van der Waals surface area contributed by atoms with Crippen LogP contribution in [0.3, 0.4) is 0 Å². The first kappa shape index (κ1) is 18.1. The Morgan fingerprint density at radius 3 is 2.25 bits per heavy atom. The molecule has 0 spiro atoms. The van der Waals surface area contributed by atoms with Crippen LogP contribution in [0.25, 0.3) is 0 Å². The van der Waals surface area contributed by atoms with E-state index in [4.69, 9.17) is 18.3 Å². The highest BCUT2D eigenvalue weighted by Gasteiger charge is 2.40. The summed E-state index contributed by atoms with van der Waals surface area (Å²) in [5, 5.41) is 0. The molecule has 0 amide bonds. The number of hydrogen-bond acceptors (Lipinski definition) is 4. The van der Waals surface area contributed by atoms with E-state index < -0.39 is 14.3 Å². The summed E-state index contributed by atoms with van der Waals surface area (Å²) >= 11 is 0. The molecule has 0 aromatic carbocycles. The fourth-order valence-corrected chi connectivity index (χ4v) is 5.81. The van der Waals surface area contributed by atoms with Crippen molar-refractivity contribution in [3.8, 4) is 0 Å². The van der Waals surface area contributed by atoms with Gasteiger partial charge in [-0.1, -0.05) is 40.0 Å². The molecule has 1 unspecified atom stereocenters. The highest BCUT2D eigenvalue weighted by atomic mass is 28.4. The van der Waals surface area contributed by atoms with E-state index >= 15 is 0 Å². The lowest BCUT2D eigenvalue weighted by molar-refractivity contribution is -0.281. The molecule has 4 nitrogen and oxygen atoms in total. The van der Waals surface area contributed by atoms with Gasteiger partial charge in [0.1, 0.15) is 0 Å². The van der Waals surface area contributed by atoms with E-state index in [0.29, 0.717) is 6.61 Å². The Morgan fingerprint density at radius 2 is 1.75 bits per heavy atom. The van der Waals surface area contributed by atoms with Crippen molar-refractivity contribution in [2.45, 2.75) is 70.8 Å². The summed E-state index contributed by atoms with van der Waals surface area (Å²) in [5.74, 6) is -0.547. The van der Waals surface area contributed by atoms with E-state index in [1.165, 1.54) is 12.8 Å². The van der Waals surface area contributed by atoms with E-state index in [2.05, 4.69) is 20.8 Å². The van der Waals surface area contributed by atoms with Crippen molar-refractivity contribution >= 4 is 8.56 Å². The third-order valence-electron chi connectivity index (χ3n) is 4.03. The molecule has 1 rings (SSSR count). The van der Waals surface area contributed by atoms with E-state index in [9.17, 15) is 0 Å². The Bertz CT molecular complexity index is 256. The Balaban J connectivity index is 2.62. The molecule has 1 aliphatic rings. The van der Waals surface area contributed by atoms with Crippen molar-refractivity contribution in [3.63, 3.8) is 0 Å². The molecule has 5 heteroatoms. The van der Waals surface area contributed by atoms with Gasteiger partial charge in [0.25, 0.3) is 0 Å². The summed E-state index contributed by atoms with van der Waals surface area (Å²) < 4.78 is 23.9. The molecule has 1 aliphatic heterocycles. The summed E-state index contributed by atoms with van der Waals surface area (Å²) in [6.07, 6.45) is 5.24. The van der Waals surface area contributed by atoms with Gasteiger partial charge in [-0.3, -0.25) is 0 Å². The van der Waals surface area contributed by atoms with Crippen LogP contribution in [0.15, 0.2) is 0 Å². The summed E-state index contributed by atoms with van der Waals surface area (Å²) in [5.41, 5.74) is 0. The number of unbranched alkanes of at least 4 members (excludes halogenated alkanes) is 1. The molecule has 1 heterocycles. The molecule has 0 aromatic rings. The fraction of sp³-hybridized carbons (Fsp3) is 1.00. The van der Waals surface area contributed by atoms with Crippen molar-refractivity contribution in [2.24, 2.45) is 0 Å². The molecule has 0 saturated carbocycles. The zero-order chi connectivity index (χ0) is 14.9. The second-order valence-electron chi connectivity index (χ2n) is 5.57. The fourth-order valence-electron chi connectivity index (χ4n) is 2.61. The van der Waals surface area contributed by atoms with Crippen molar-refractivity contribution in [1.82, 2.24) is 0 Å². The highest BCUT2D eigenvalue weighted by molar-refractivity contribution is 6.67. The molecule has 120 valence electrons. The van der Waals surface area contributed by atoms with Crippen LogP contribution in [0, 0.1) is 0 Å². The largest absolute Gasteiger partial charge is 0.398 e. The van der Waals surface area contributed by atoms with Crippen LogP contribution in [0.5, 0.6) is 0 Å². The van der Waals surface area contributed by atoms with Crippen molar-refractivity contribution in [2.75, 3.05) is 26.9 Å². The molecular weight excluding hydrogens is 272 g/mol. The third-order valence-corrected chi connectivity index (χ3v) is 7.82. The second-order valence-corrected chi connectivity index (χ2v) is 9.09. The molecule has 0 N–H and O–H groups in total. The lowest BCUT2D eigenvalue weighted by Gasteiger charge is -2.39. The van der Waals surface area contributed by atoms with Gasteiger partial charge in [-0.2, -0.15) is 0 Å². The lowest BCUT2D eigenvalue weighted by atomic mass is 10.2. The van der Waals surface area contributed by atoms with Crippen LogP contribution in [0.2, 0.25) is 12.1 Å². The number of ether oxygens (including phenoxy) is 2. The first-order chi connectivity index (χ1) is 9.66. The van der Waals surface area contributed by atoms with Crippen molar-refractivity contribution in [3.05, 3.63) is 0 Å². The molecular formula is C15H32O4Si.